The Hall–Kier alpha value is -0.0400. The predicted molar refractivity (Wildman–Crippen MR) is 77.3 cm³/mol. The van der Waals surface area contributed by atoms with Crippen LogP contribution in [0.2, 0.25) is 0 Å². The Labute approximate surface area is 109 Å². The van der Waals surface area contributed by atoms with Crippen LogP contribution in [0.3, 0.4) is 0 Å². The molecule has 0 spiro atoms. The molecule has 1 unspecified atom stereocenters. The van der Waals surface area contributed by atoms with E-state index in [1.54, 1.807) is 0 Å². The third kappa shape index (κ3) is 4.28. The van der Waals surface area contributed by atoms with E-state index in [9.17, 15) is 0 Å². The third-order valence-electron chi connectivity index (χ3n) is 4.90. The summed E-state index contributed by atoms with van der Waals surface area (Å²) in [4.78, 5) is 0. The number of nitrogens with one attached hydrogen (secondary N) is 1. The first kappa shape index (κ1) is 15.0. The van der Waals surface area contributed by atoms with Crippen LogP contribution in [0.15, 0.2) is 0 Å². The number of hydrogen-bond acceptors (Lipinski definition) is 1. The molecule has 17 heavy (non-hydrogen) atoms. The summed E-state index contributed by atoms with van der Waals surface area (Å²) >= 11 is 0. The second-order valence-corrected chi connectivity index (χ2v) is 5.99. The summed E-state index contributed by atoms with van der Waals surface area (Å²) in [5.41, 5.74) is 0.572. The molecule has 1 nitrogen and oxygen atoms in total. The molecule has 0 aliphatic heterocycles. The monoisotopic (exact) mass is 239 g/mol. The van der Waals surface area contributed by atoms with Crippen molar-refractivity contribution in [2.75, 3.05) is 6.54 Å². The molecular formula is C16H33N. The fourth-order valence-electron chi connectivity index (χ4n) is 3.35. The molecule has 0 aromatic carbocycles. The smallest absolute Gasteiger partial charge is 0.00684 e. The average molecular weight is 239 g/mol. The molecule has 1 aliphatic rings. The molecule has 1 heteroatoms. The SMILES string of the molecule is CCCCC(CC)(CNC1CC1)C(CC)CC. The Kier molecular flexibility index (Phi) is 6.54. The van der Waals surface area contributed by atoms with Gasteiger partial charge in [0.1, 0.15) is 0 Å². The molecule has 1 N–H and O–H groups in total. The molecule has 1 saturated carbocycles. The topological polar surface area (TPSA) is 12.0 Å². The maximum atomic E-state index is 3.81. The second-order valence-electron chi connectivity index (χ2n) is 5.99. The Morgan fingerprint density at radius 2 is 1.76 bits per heavy atom. The molecule has 0 aromatic rings. The van der Waals surface area contributed by atoms with Gasteiger partial charge in [0, 0.05) is 12.6 Å². The van der Waals surface area contributed by atoms with Crippen molar-refractivity contribution in [1.29, 1.82) is 0 Å². The lowest BCUT2D eigenvalue weighted by Gasteiger charge is -2.40. The van der Waals surface area contributed by atoms with Crippen LogP contribution in [-0.2, 0) is 0 Å². The van der Waals surface area contributed by atoms with Crippen LogP contribution in [-0.4, -0.2) is 12.6 Å². The van der Waals surface area contributed by atoms with Crippen molar-refractivity contribution < 1.29 is 0 Å². The van der Waals surface area contributed by atoms with E-state index in [2.05, 4.69) is 33.0 Å². The van der Waals surface area contributed by atoms with Crippen molar-refractivity contribution >= 4 is 0 Å². The molecule has 0 amide bonds. The Balaban J connectivity index is 2.61. The first-order valence-electron chi connectivity index (χ1n) is 7.95. The number of hydrogen-bond donors (Lipinski definition) is 1. The highest BCUT2D eigenvalue weighted by Crippen LogP contribution is 2.41. The van der Waals surface area contributed by atoms with Gasteiger partial charge in [0.25, 0.3) is 0 Å². The Morgan fingerprint density at radius 1 is 1.12 bits per heavy atom. The van der Waals surface area contributed by atoms with Crippen LogP contribution in [0.5, 0.6) is 0 Å². The standard InChI is InChI=1S/C16H33N/c1-5-9-12-16(8-4,14(6-2)7-3)13-17-15-10-11-15/h14-15,17H,5-13H2,1-4H3. The predicted octanol–water partition coefficient (Wildman–Crippen LogP) is 4.76. The summed E-state index contributed by atoms with van der Waals surface area (Å²) in [6.45, 7) is 10.7. The third-order valence-corrected chi connectivity index (χ3v) is 4.90. The lowest BCUT2D eigenvalue weighted by molar-refractivity contribution is 0.117. The fraction of sp³-hybridized carbons (Fsp3) is 1.00. The summed E-state index contributed by atoms with van der Waals surface area (Å²) in [6.07, 6.45) is 11.0. The average Bonchev–Trinajstić information content (AvgIpc) is 3.17. The molecule has 0 bridgehead atoms. The van der Waals surface area contributed by atoms with Gasteiger partial charge in [-0.15, -0.1) is 0 Å². The molecule has 1 atom stereocenters. The van der Waals surface area contributed by atoms with Crippen LogP contribution in [0.1, 0.15) is 79.1 Å². The van der Waals surface area contributed by atoms with Gasteiger partial charge in [0.05, 0.1) is 0 Å². The molecule has 1 fully saturated rings. The van der Waals surface area contributed by atoms with E-state index in [1.807, 2.05) is 0 Å². The maximum Gasteiger partial charge on any atom is 0.00684 e. The van der Waals surface area contributed by atoms with Crippen molar-refractivity contribution in [3.05, 3.63) is 0 Å². The van der Waals surface area contributed by atoms with Crippen molar-refractivity contribution in [1.82, 2.24) is 5.32 Å². The van der Waals surface area contributed by atoms with Crippen LogP contribution in [0.4, 0.5) is 0 Å². The highest BCUT2D eigenvalue weighted by Gasteiger charge is 2.35. The van der Waals surface area contributed by atoms with Crippen LogP contribution >= 0.6 is 0 Å². The first-order chi connectivity index (χ1) is 8.22. The van der Waals surface area contributed by atoms with Crippen LogP contribution < -0.4 is 5.32 Å². The number of rotatable bonds is 10. The lowest BCUT2D eigenvalue weighted by atomic mass is 9.67. The van der Waals surface area contributed by atoms with Gasteiger partial charge in [-0.25, -0.2) is 0 Å². The van der Waals surface area contributed by atoms with E-state index < -0.39 is 0 Å². The Bertz CT molecular complexity index is 194. The van der Waals surface area contributed by atoms with Crippen molar-refractivity contribution in [3.63, 3.8) is 0 Å². The molecule has 0 radical (unpaired) electrons. The van der Waals surface area contributed by atoms with Gasteiger partial charge in [-0.2, -0.15) is 0 Å². The zero-order valence-corrected chi connectivity index (χ0v) is 12.5. The minimum atomic E-state index is 0.572. The summed E-state index contributed by atoms with van der Waals surface area (Å²) in [5.74, 6) is 0.908. The van der Waals surface area contributed by atoms with Crippen LogP contribution in [0, 0.1) is 11.3 Å². The number of unbranched alkanes of at least 4 members (excludes halogenated alkanes) is 1. The van der Waals surface area contributed by atoms with Gasteiger partial charge in [-0.05, 0) is 37.0 Å². The molecule has 0 aromatic heterocycles. The summed E-state index contributed by atoms with van der Waals surface area (Å²) in [6, 6.07) is 0.858. The minimum Gasteiger partial charge on any atom is -0.313 e. The molecular weight excluding hydrogens is 206 g/mol. The van der Waals surface area contributed by atoms with Gasteiger partial charge in [-0.3, -0.25) is 0 Å². The molecule has 102 valence electrons. The van der Waals surface area contributed by atoms with Gasteiger partial charge in [-0.1, -0.05) is 53.4 Å². The van der Waals surface area contributed by atoms with E-state index >= 15 is 0 Å². The second kappa shape index (κ2) is 7.41. The first-order valence-corrected chi connectivity index (χ1v) is 7.95. The summed E-state index contributed by atoms with van der Waals surface area (Å²) in [7, 11) is 0. The minimum absolute atomic E-state index is 0.572. The zero-order valence-electron chi connectivity index (χ0n) is 12.5. The zero-order chi connectivity index (χ0) is 12.7. The van der Waals surface area contributed by atoms with Gasteiger partial charge >= 0.3 is 0 Å². The summed E-state index contributed by atoms with van der Waals surface area (Å²) < 4.78 is 0. The van der Waals surface area contributed by atoms with E-state index in [0.717, 1.165) is 12.0 Å². The normalized spacial score (nSPS) is 19.6. The highest BCUT2D eigenvalue weighted by atomic mass is 15.0. The van der Waals surface area contributed by atoms with Crippen molar-refractivity contribution in [2.24, 2.45) is 11.3 Å². The molecule has 1 rings (SSSR count). The molecule has 0 saturated heterocycles. The van der Waals surface area contributed by atoms with Crippen molar-refractivity contribution in [3.8, 4) is 0 Å². The van der Waals surface area contributed by atoms with E-state index in [1.165, 1.54) is 57.9 Å². The van der Waals surface area contributed by atoms with Gasteiger partial charge < -0.3 is 5.32 Å². The van der Waals surface area contributed by atoms with E-state index in [0.29, 0.717) is 5.41 Å². The highest BCUT2D eigenvalue weighted by molar-refractivity contribution is 4.90. The van der Waals surface area contributed by atoms with Crippen LogP contribution in [0.25, 0.3) is 0 Å². The quantitative estimate of drug-likeness (QED) is 0.579. The van der Waals surface area contributed by atoms with Crippen molar-refractivity contribution in [2.45, 2.75) is 85.1 Å². The fourth-order valence-corrected chi connectivity index (χ4v) is 3.35. The molecule has 0 heterocycles. The summed E-state index contributed by atoms with van der Waals surface area (Å²) in [5, 5.41) is 3.81. The van der Waals surface area contributed by atoms with E-state index in [4.69, 9.17) is 0 Å². The van der Waals surface area contributed by atoms with E-state index in [-0.39, 0.29) is 0 Å². The van der Waals surface area contributed by atoms with Gasteiger partial charge in [0.2, 0.25) is 0 Å². The Morgan fingerprint density at radius 3 is 2.18 bits per heavy atom. The largest absolute Gasteiger partial charge is 0.313 e. The lowest BCUT2D eigenvalue weighted by Crippen LogP contribution is -2.40. The van der Waals surface area contributed by atoms with Gasteiger partial charge in [0.15, 0.2) is 0 Å². The maximum absolute atomic E-state index is 3.81. The molecule has 1 aliphatic carbocycles.